The van der Waals surface area contributed by atoms with Crippen LogP contribution in [0.4, 0.5) is 8.78 Å². The number of esters is 1. The first-order chi connectivity index (χ1) is 12.1. The Hall–Kier alpha value is -1.80. The average molecular weight is 362 g/mol. The van der Waals surface area contributed by atoms with Crippen molar-refractivity contribution in [3.63, 3.8) is 0 Å². The summed E-state index contributed by atoms with van der Waals surface area (Å²) in [5.74, 6) is -0.455. The van der Waals surface area contributed by atoms with Gasteiger partial charge in [0, 0.05) is 10.9 Å². The summed E-state index contributed by atoms with van der Waals surface area (Å²) in [4.78, 5) is 12.3. The fraction of sp³-hybridized carbons (Fsp3) is 0.350. The van der Waals surface area contributed by atoms with Gasteiger partial charge in [0.2, 0.25) is 0 Å². The van der Waals surface area contributed by atoms with Gasteiger partial charge in [0.15, 0.2) is 0 Å². The van der Waals surface area contributed by atoms with Gasteiger partial charge in [0.25, 0.3) is 0 Å². The van der Waals surface area contributed by atoms with Gasteiger partial charge in [-0.05, 0) is 48.6 Å². The lowest BCUT2D eigenvalue weighted by atomic mass is 9.84. The van der Waals surface area contributed by atoms with Gasteiger partial charge in [-0.25, -0.2) is 13.6 Å². The third-order valence-corrected chi connectivity index (χ3v) is 5.15. The SMILES string of the molecule is O=C(Oc1cc(P)c(F)c(CF)c1)c1ccc(C2CCCCC2)cc1. The molecule has 0 heterocycles. The van der Waals surface area contributed by atoms with Gasteiger partial charge in [-0.15, -0.1) is 9.24 Å². The number of alkyl halides is 1. The van der Waals surface area contributed by atoms with Crippen LogP contribution < -0.4 is 10.0 Å². The molecule has 2 aromatic carbocycles. The Bertz CT molecular complexity index is 753. The first-order valence-corrected chi connectivity index (χ1v) is 9.12. The van der Waals surface area contributed by atoms with Gasteiger partial charge in [0.1, 0.15) is 18.2 Å². The van der Waals surface area contributed by atoms with Crippen LogP contribution in [0.5, 0.6) is 5.75 Å². The van der Waals surface area contributed by atoms with E-state index in [1.54, 1.807) is 12.1 Å². The molecule has 0 bridgehead atoms. The highest BCUT2D eigenvalue weighted by molar-refractivity contribution is 7.27. The molecule has 5 heteroatoms. The minimum atomic E-state index is -0.950. The standard InChI is InChI=1S/C20H21F2O2P/c21-12-16-10-17(11-18(25)19(16)22)24-20(23)15-8-6-14(7-9-15)13-4-2-1-3-5-13/h6-11,13H,1-5,12,25H2. The van der Waals surface area contributed by atoms with Crippen molar-refractivity contribution in [2.24, 2.45) is 0 Å². The lowest BCUT2D eigenvalue weighted by Gasteiger charge is -2.22. The highest BCUT2D eigenvalue weighted by Gasteiger charge is 2.17. The van der Waals surface area contributed by atoms with Crippen molar-refractivity contribution in [3.05, 3.63) is 58.9 Å². The zero-order chi connectivity index (χ0) is 17.8. The summed E-state index contributed by atoms with van der Waals surface area (Å²) in [6.07, 6.45) is 6.21. The predicted octanol–water partition coefficient (Wildman–Crippen LogP) is 5.06. The summed E-state index contributed by atoms with van der Waals surface area (Å²) < 4.78 is 31.8. The molecule has 1 saturated carbocycles. The normalized spacial score (nSPS) is 15.2. The Morgan fingerprint density at radius 1 is 1.12 bits per heavy atom. The Morgan fingerprint density at radius 2 is 1.80 bits per heavy atom. The quantitative estimate of drug-likeness (QED) is 0.432. The van der Waals surface area contributed by atoms with Crippen LogP contribution in [-0.2, 0) is 6.67 Å². The largest absolute Gasteiger partial charge is 0.423 e. The second kappa shape index (κ2) is 8.05. The molecule has 1 atom stereocenters. The zero-order valence-corrected chi connectivity index (χ0v) is 15.1. The van der Waals surface area contributed by atoms with Crippen LogP contribution >= 0.6 is 9.24 Å². The molecule has 2 nitrogen and oxygen atoms in total. The van der Waals surface area contributed by atoms with Gasteiger partial charge >= 0.3 is 5.97 Å². The third-order valence-electron chi connectivity index (χ3n) is 4.73. The van der Waals surface area contributed by atoms with E-state index < -0.39 is 18.5 Å². The van der Waals surface area contributed by atoms with E-state index in [0.717, 1.165) is 0 Å². The number of hydrogen-bond acceptors (Lipinski definition) is 2. The van der Waals surface area contributed by atoms with E-state index in [1.807, 2.05) is 12.1 Å². The first-order valence-electron chi connectivity index (χ1n) is 8.54. The number of ether oxygens (including phenoxy) is 1. The summed E-state index contributed by atoms with van der Waals surface area (Å²) in [5.41, 5.74) is 1.56. The summed E-state index contributed by atoms with van der Waals surface area (Å²) in [6.45, 7) is -0.950. The molecular weight excluding hydrogens is 341 g/mol. The van der Waals surface area contributed by atoms with Crippen LogP contribution in [0.3, 0.4) is 0 Å². The van der Waals surface area contributed by atoms with Crippen molar-refractivity contribution in [1.29, 1.82) is 0 Å². The van der Waals surface area contributed by atoms with Crippen LogP contribution in [0.15, 0.2) is 36.4 Å². The van der Waals surface area contributed by atoms with E-state index in [4.69, 9.17) is 4.74 Å². The van der Waals surface area contributed by atoms with Crippen LogP contribution in [0, 0.1) is 5.82 Å². The van der Waals surface area contributed by atoms with Crippen molar-refractivity contribution in [2.75, 3.05) is 0 Å². The molecule has 0 amide bonds. The summed E-state index contributed by atoms with van der Waals surface area (Å²) in [7, 11) is 2.18. The van der Waals surface area contributed by atoms with E-state index in [9.17, 15) is 13.6 Å². The number of carbonyl (C=O) groups is 1. The van der Waals surface area contributed by atoms with E-state index in [2.05, 4.69) is 9.24 Å². The number of rotatable bonds is 4. The minimum Gasteiger partial charge on any atom is -0.423 e. The molecule has 3 rings (SSSR count). The second-order valence-corrected chi connectivity index (χ2v) is 7.09. The fourth-order valence-corrected chi connectivity index (χ4v) is 3.68. The number of hydrogen-bond donors (Lipinski definition) is 0. The van der Waals surface area contributed by atoms with Crippen molar-refractivity contribution < 1.29 is 18.3 Å². The molecule has 0 spiro atoms. The van der Waals surface area contributed by atoms with Crippen LogP contribution in [0.25, 0.3) is 0 Å². The van der Waals surface area contributed by atoms with Crippen molar-refractivity contribution in [1.82, 2.24) is 0 Å². The number of halogens is 2. The molecular formula is C20H21F2O2P. The molecule has 1 aliphatic carbocycles. The van der Waals surface area contributed by atoms with E-state index in [0.29, 0.717) is 11.5 Å². The molecule has 0 saturated heterocycles. The van der Waals surface area contributed by atoms with Gasteiger partial charge in [0.05, 0.1) is 5.56 Å². The maximum absolute atomic E-state index is 13.7. The predicted molar refractivity (Wildman–Crippen MR) is 97.8 cm³/mol. The van der Waals surface area contributed by atoms with Crippen LogP contribution in [-0.4, -0.2) is 5.97 Å². The summed E-state index contributed by atoms with van der Waals surface area (Å²) in [6, 6.07) is 10.1. The Morgan fingerprint density at radius 3 is 2.44 bits per heavy atom. The smallest absolute Gasteiger partial charge is 0.343 e. The lowest BCUT2D eigenvalue weighted by molar-refractivity contribution is 0.0734. The Kier molecular flexibility index (Phi) is 5.80. The van der Waals surface area contributed by atoms with Gasteiger partial charge in [-0.3, -0.25) is 0 Å². The Balaban J connectivity index is 1.72. The molecule has 1 fully saturated rings. The van der Waals surface area contributed by atoms with E-state index in [1.165, 1.54) is 49.8 Å². The zero-order valence-electron chi connectivity index (χ0n) is 13.9. The maximum atomic E-state index is 13.7. The molecule has 0 N–H and O–H groups in total. The van der Waals surface area contributed by atoms with Gasteiger partial charge in [-0.2, -0.15) is 0 Å². The second-order valence-electron chi connectivity index (χ2n) is 6.47. The van der Waals surface area contributed by atoms with E-state index >= 15 is 0 Å². The average Bonchev–Trinajstić information content (AvgIpc) is 2.65. The van der Waals surface area contributed by atoms with Crippen molar-refractivity contribution >= 4 is 20.5 Å². The molecule has 1 unspecified atom stereocenters. The lowest BCUT2D eigenvalue weighted by Crippen LogP contribution is -2.12. The first kappa shape index (κ1) is 18.0. The van der Waals surface area contributed by atoms with Crippen LogP contribution in [0.1, 0.15) is 59.5 Å². The van der Waals surface area contributed by atoms with Crippen LogP contribution in [0.2, 0.25) is 0 Å². The molecule has 0 radical (unpaired) electrons. The molecule has 25 heavy (non-hydrogen) atoms. The molecule has 0 aliphatic heterocycles. The number of benzene rings is 2. The minimum absolute atomic E-state index is 0.122. The number of carbonyl (C=O) groups excluding carboxylic acids is 1. The summed E-state index contributed by atoms with van der Waals surface area (Å²) >= 11 is 0. The van der Waals surface area contributed by atoms with Crippen molar-refractivity contribution in [2.45, 2.75) is 44.7 Å². The topological polar surface area (TPSA) is 26.3 Å². The third kappa shape index (κ3) is 4.24. The highest BCUT2D eigenvalue weighted by atomic mass is 31.0. The monoisotopic (exact) mass is 362 g/mol. The van der Waals surface area contributed by atoms with Gasteiger partial charge in [-0.1, -0.05) is 31.4 Å². The molecule has 1 aliphatic rings. The van der Waals surface area contributed by atoms with Crippen molar-refractivity contribution in [3.8, 4) is 5.75 Å². The molecule has 132 valence electrons. The maximum Gasteiger partial charge on any atom is 0.343 e. The van der Waals surface area contributed by atoms with Gasteiger partial charge < -0.3 is 4.74 Å². The Labute approximate surface area is 148 Å². The highest BCUT2D eigenvalue weighted by Crippen LogP contribution is 2.32. The summed E-state index contributed by atoms with van der Waals surface area (Å²) in [5, 5.41) is 0.172. The fourth-order valence-electron chi connectivity index (χ4n) is 3.33. The molecule has 2 aromatic rings. The molecule has 0 aromatic heterocycles. The van der Waals surface area contributed by atoms with E-state index in [-0.39, 0.29) is 16.6 Å².